The van der Waals surface area contributed by atoms with Crippen molar-refractivity contribution in [2.24, 2.45) is 0 Å². The number of carbonyl (C=O) groups excluding carboxylic acids is 1. The summed E-state index contributed by atoms with van der Waals surface area (Å²) >= 11 is 5.61. The van der Waals surface area contributed by atoms with E-state index in [-0.39, 0.29) is 12.0 Å². The summed E-state index contributed by atoms with van der Waals surface area (Å²) in [6.07, 6.45) is 0. The monoisotopic (exact) mass is 418 g/mol. The molecule has 0 fully saturated rings. The van der Waals surface area contributed by atoms with Crippen molar-refractivity contribution in [3.8, 4) is 0 Å². The highest BCUT2D eigenvalue weighted by Crippen LogP contribution is 2.23. The highest BCUT2D eigenvalue weighted by molar-refractivity contribution is 7.80. The first-order valence-electron chi connectivity index (χ1n) is 9.94. The molecule has 0 saturated heterocycles. The van der Waals surface area contributed by atoms with E-state index in [1.54, 1.807) is 19.1 Å². The van der Waals surface area contributed by atoms with Crippen LogP contribution in [-0.2, 0) is 4.74 Å². The van der Waals surface area contributed by atoms with Crippen molar-refractivity contribution in [3.05, 3.63) is 101 Å². The molecule has 30 heavy (non-hydrogen) atoms. The third-order valence-electron chi connectivity index (χ3n) is 4.80. The lowest BCUT2D eigenvalue weighted by Gasteiger charge is -2.23. The topological polar surface area (TPSA) is 50.4 Å². The van der Waals surface area contributed by atoms with Gasteiger partial charge < -0.3 is 15.4 Å². The fourth-order valence-electron chi connectivity index (χ4n) is 3.20. The van der Waals surface area contributed by atoms with E-state index in [9.17, 15) is 4.79 Å². The summed E-state index contributed by atoms with van der Waals surface area (Å²) in [7, 11) is 0. The van der Waals surface area contributed by atoms with Crippen LogP contribution in [0.25, 0.3) is 0 Å². The zero-order valence-electron chi connectivity index (χ0n) is 17.4. The third kappa shape index (κ3) is 5.45. The van der Waals surface area contributed by atoms with Crippen molar-refractivity contribution in [2.45, 2.75) is 26.8 Å². The van der Waals surface area contributed by atoms with Gasteiger partial charge >= 0.3 is 5.97 Å². The fraction of sp³-hybridized carbons (Fsp3) is 0.200. The maximum Gasteiger partial charge on any atom is 0.338 e. The van der Waals surface area contributed by atoms with Gasteiger partial charge in [0.15, 0.2) is 5.11 Å². The average Bonchev–Trinajstić information content (AvgIpc) is 2.75. The van der Waals surface area contributed by atoms with E-state index in [0.717, 1.165) is 22.4 Å². The Hall–Kier alpha value is -3.18. The van der Waals surface area contributed by atoms with Gasteiger partial charge in [0.1, 0.15) is 0 Å². The van der Waals surface area contributed by atoms with Crippen LogP contribution in [0.5, 0.6) is 0 Å². The molecule has 0 spiro atoms. The molecule has 0 saturated carbocycles. The van der Waals surface area contributed by atoms with Crippen molar-refractivity contribution in [1.29, 1.82) is 0 Å². The summed E-state index contributed by atoms with van der Waals surface area (Å²) in [5.41, 5.74) is 5.75. The molecule has 0 radical (unpaired) electrons. The standard InChI is InChI=1S/C25H26N2O2S/c1-4-29-24(28)21-14-15-22(18(3)16-21)26-25(30)27-23(19-8-6-5-7-9-19)20-12-10-17(2)11-13-20/h5-16,23H,4H2,1-3H3,(H2,26,27,30). The van der Waals surface area contributed by atoms with Crippen molar-refractivity contribution in [1.82, 2.24) is 5.32 Å². The van der Waals surface area contributed by atoms with Crippen molar-refractivity contribution in [3.63, 3.8) is 0 Å². The number of hydrogen-bond acceptors (Lipinski definition) is 3. The van der Waals surface area contributed by atoms with Gasteiger partial charge in [0, 0.05) is 5.69 Å². The largest absolute Gasteiger partial charge is 0.462 e. The lowest BCUT2D eigenvalue weighted by atomic mass is 9.98. The van der Waals surface area contributed by atoms with Gasteiger partial charge in [-0.05, 0) is 67.9 Å². The van der Waals surface area contributed by atoms with E-state index in [4.69, 9.17) is 17.0 Å². The third-order valence-corrected chi connectivity index (χ3v) is 5.02. The summed E-state index contributed by atoms with van der Waals surface area (Å²) < 4.78 is 5.07. The van der Waals surface area contributed by atoms with Crippen LogP contribution < -0.4 is 10.6 Å². The number of nitrogens with one attached hydrogen (secondary N) is 2. The molecule has 1 unspecified atom stereocenters. The Labute approximate surface area is 183 Å². The molecule has 0 aliphatic rings. The van der Waals surface area contributed by atoms with Gasteiger partial charge in [0.25, 0.3) is 0 Å². The quantitative estimate of drug-likeness (QED) is 0.406. The smallest absolute Gasteiger partial charge is 0.338 e. The van der Waals surface area contributed by atoms with Crippen LogP contribution >= 0.6 is 12.2 Å². The van der Waals surface area contributed by atoms with Crippen LogP contribution in [0.4, 0.5) is 5.69 Å². The highest BCUT2D eigenvalue weighted by atomic mass is 32.1. The van der Waals surface area contributed by atoms with Gasteiger partial charge in [-0.3, -0.25) is 0 Å². The van der Waals surface area contributed by atoms with E-state index in [1.165, 1.54) is 5.56 Å². The molecular formula is C25H26N2O2S. The molecule has 0 heterocycles. The van der Waals surface area contributed by atoms with E-state index in [0.29, 0.717) is 17.3 Å². The maximum absolute atomic E-state index is 11.9. The van der Waals surface area contributed by atoms with Crippen LogP contribution in [0.15, 0.2) is 72.8 Å². The number of carbonyl (C=O) groups is 1. The molecule has 0 amide bonds. The number of anilines is 1. The van der Waals surface area contributed by atoms with Gasteiger partial charge in [0.05, 0.1) is 18.2 Å². The molecule has 1 atom stereocenters. The number of esters is 1. The molecule has 0 bridgehead atoms. The van der Waals surface area contributed by atoms with Gasteiger partial charge in [-0.25, -0.2) is 4.79 Å². The fourth-order valence-corrected chi connectivity index (χ4v) is 3.43. The van der Waals surface area contributed by atoms with Crippen molar-refractivity contribution in [2.75, 3.05) is 11.9 Å². The van der Waals surface area contributed by atoms with Gasteiger partial charge in [0.2, 0.25) is 0 Å². The second-order valence-electron chi connectivity index (χ2n) is 7.10. The number of benzene rings is 3. The molecule has 0 aliphatic heterocycles. The number of ether oxygens (including phenoxy) is 1. The minimum atomic E-state index is -0.323. The number of aryl methyl sites for hydroxylation is 2. The van der Waals surface area contributed by atoms with Crippen molar-refractivity contribution < 1.29 is 9.53 Å². The van der Waals surface area contributed by atoms with Crippen LogP contribution in [0, 0.1) is 13.8 Å². The average molecular weight is 419 g/mol. The Kier molecular flexibility index (Phi) is 7.20. The predicted octanol–water partition coefficient (Wildman–Crippen LogP) is 5.56. The predicted molar refractivity (Wildman–Crippen MR) is 126 cm³/mol. The Morgan fingerprint density at radius 1 is 0.967 bits per heavy atom. The first-order chi connectivity index (χ1) is 14.5. The lowest BCUT2D eigenvalue weighted by Crippen LogP contribution is -2.33. The Morgan fingerprint density at radius 3 is 2.27 bits per heavy atom. The first-order valence-corrected chi connectivity index (χ1v) is 10.4. The number of thiocarbonyl (C=S) groups is 1. The Morgan fingerprint density at radius 2 is 1.63 bits per heavy atom. The lowest BCUT2D eigenvalue weighted by molar-refractivity contribution is 0.0526. The van der Waals surface area contributed by atoms with Gasteiger partial charge in [-0.1, -0.05) is 60.2 Å². The Bertz CT molecular complexity index is 1020. The SMILES string of the molecule is CCOC(=O)c1ccc(NC(=S)NC(c2ccccc2)c2ccc(C)cc2)c(C)c1. The van der Waals surface area contributed by atoms with E-state index < -0.39 is 0 Å². The molecule has 2 N–H and O–H groups in total. The molecule has 0 aliphatic carbocycles. The molecule has 3 aromatic carbocycles. The van der Waals surface area contributed by atoms with Gasteiger partial charge in [-0.2, -0.15) is 0 Å². The van der Waals surface area contributed by atoms with Crippen LogP contribution in [0.3, 0.4) is 0 Å². The van der Waals surface area contributed by atoms with Crippen LogP contribution in [0.2, 0.25) is 0 Å². The molecule has 3 rings (SSSR count). The number of rotatable bonds is 6. The zero-order chi connectivity index (χ0) is 21.5. The Balaban J connectivity index is 1.78. The summed E-state index contributed by atoms with van der Waals surface area (Å²) in [5.74, 6) is -0.323. The van der Waals surface area contributed by atoms with Gasteiger partial charge in [-0.15, -0.1) is 0 Å². The molecular weight excluding hydrogens is 392 g/mol. The second kappa shape index (κ2) is 10.0. The first kappa shape index (κ1) is 21.5. The van der Waals surface area contributed by atoms with E-state index >= 15 is 0 Å². The summed E-state index contributed by atoms with van der Waals surface area (Å²) in [6.45, 7) is 6.15. The summed E-state index contributed by atoms with van der Waals surface area (Å²) in [6, 6.07) is 23.9. The van der Waals surface area contributed by atoms with Crippen LogP contribution in [-0.4, -0.2) is 17.7 Å². The van der Waals surface area contributed by atoms with Crippen LogP contribution in [0.1, 0.15) is 45.6 Å². The molecule has 4 nitrogen and oxygen atoms in total. The maximum atomic E-state index is 11.9. The normalized spacial score (nSPS) is 11.4. The minimum Gasteiger partial charge on any atom is -0.462 e. The summed E-state index contributed by atoms with van der Waals surface area (Å²) in [5, 5.41) is 7.20. The zero-order valence-corrected chi connectivity index (χ0v) is 18.3. The molecule has 0 aromatic heterocycles. The molecule has 154 valence electrons. The minimum absolute atomic E-state index is 0.0779. The van der Waals surface area contributed by atoms with Crippen molar-refractivity contribution >= 4 is 29.0 Å². The molecule has 3 aromatic rings. The van der Waals surface area contributed by atoms with E-state index in [2.05, 4.69) is 54.0 Å². The number of hydrogen-bond donors (Lipinski definition) is 2. The molecule has 5 heteroatoms. The summed E-state index contributed by atoms with van der Waals surface area (Å²) in [4.78, 5) is 11.9. The van der Waals surface area contributed by atoms with E-state index in [1.807, 2.05) is 31.2 Å². The second-order valence-corrected chi connectivity index (χ2v) is 7.51. The highest BCUT2D eigenvalue weighted by Gasteiger charge is 2.16.